The summed E-state index contributed by atoms with van der Waals surface area (Å²) in [4.78, 5) is 16.2. The molecule has 0 aromatic carbocycles. The van der Waals surface area contributed by atoms with Crippen LogP contribution in [0.3, 0.4) is 0 Å². The molecule has 0 radical (unpaired) electrons. The molecule has 0 saturated heterocycles. The fraction of sp³-hybridized carbons (Fsp3) is 0.333. The molecule has 21 heavy (non-hydrogen) atoms. The first kappa shape index (κ1) is 17.0. The molecule has 0 aromatic heterocycles. The van der Waals surface area contributed by atoms with Gasteiger partial charge in [-0.25, -0.2) is 4.39 Å². The first-order valence-electron chi connectivity index (χ1n) is 6.94. The predicted molar refractivity (Wildman–Crippen MR) is 86.9 cm³/mol. The number of hydrogen-bond acceptors (Lipinski definition) is 2. The summed E-state index contributed by atoms with van der Waals surface area (Å²) in [5, 5.41) is 0. The molecule has 0 aromatic rings. The van der Waals surface area contributed by atoms with E-state index in [-0.39, 0.29) is 17.5 Å². The summed E-state index contributed by atoms with van der Waals surface area (Å²) >= 11 is 0. The summed E-state index contributed by atoms with van der Waals surface area (Å²) in [5.41, 5.74) is 3.09. The Balaban J connectivity index is 3.38. The Morgan fingerprint density at radius 3 is 2.29 bits per heavy atom. The van der Waals surface area contributed by atoms with Crippen molar-refractivity contribution in [3.63, 3.8) is 0 Å². The molecule has 0 N–H and O–H groups in total. The van der Waals surface area contributed by atoms with Crippen molar-refractivity contribution in [3.05, 3.63) is 59.1 Å². The number of ketones is 1. The predicted octanol–water partition coefficient (Wildman–Crippen LogP) is 4.87. The van der Waals surface area contributed by atoms with E-state index in [4.69, 9.17) is 0 Å². The maximum absolute atomic E-state index is 13.9. The zero-order chi connectivity index (χ0) is 16.2. The molecule has 0 bridgehead atoms. The lowest BCUT2D eigenvalue weighted by molar-refractivity contribution is -0.113. The highest BCUT2D eigenvalue weighted by molar-refractivity contribution is 5.99. The number of aliphatic imine (C=N–C) groups is 1. The summed E-state index contributed by atoms with van der Waals surface area (Å²) in [6.45, 7) is 12.7. The molecule has 2 nitrogen and oxygen atoms in total. The maximum Gasteiger partial charge on any atom is 0.160 e. The number of carbonyl (C=O) groups is 1. The fourth-order valence-electron chi connectivity index (χ4n) is 2.17. The third-order valence-electron chi connectivity index (χ3n) is 3.09. The van der Waals surface area contributed by atoms with Crippen LogP contribution in [-0.4, -0.2) is 11.5 Å². The van der Waals surface area contributed by atoms with Crippen molar-refractivity contribution < 1.29 is 9.18 Å². The van der Waals surface area contributed by atoms with Crippen LogP contribution in [0.4, 0.5) is 4.39 Å². The van der Waals surface area contributed by atoms with Gasteiger partial charge in [-0.1, -0.05) is 25.7 Å². The van der Waals surface area contributed by atoms with Crippen LogP contribution < -0.4 is 0 Å². The summed E-state index contributed by atoms with van der Waals surface area (Å²) < 4.78 is 13.9. The lowest BCUT2D eigenvalue weighted by atomic mass is 9.99. The summed E-state index contributed by atoms with van der Waals surface area (Å²) in [5.74, 6) is -0.528. The van der Waals surface area contributed by atoms with Gasteiger partial charge in [-0.15, -0.1) is 0 Å². The van der Waals surface area contributed by atoms with Gasteiger partial charge in [0.1, 0.15) is 5.83 Å². The van der Waals surface area contributed by atoms with Crippen molar-refractivity contribution >= 4 is 11.5 Å². The van der Waals surface area contributed by atoms with Crippen LogP contribution in [0.2, 0.25) is 0 Å². The second-order valence-corrected chi connectivity index (χ2v) is 5.37. The Labute approximate surface area is 126 Å². The number of rotatable bonds is 5. The summed E-state index contributed by atoms with van der Waals surface area (Å²) in [7, 11) is 0. The lowest BCUT2D eigenvalue weighted by Crippen LogP contribution is -2.01. The first-order chi connectivity index (χ1) is 9.76. The number of Topliss-reactive ketones (excluding diaryl/α,β-unsaturated/α-hetero) is 1. The Hall–Kier alpha value is -2.03. The highest BCUT2D eigenvalue weighted by Gasteiger charge is 2.21. The van der Waals surface area contributed by atoms with E-state index in [0.29, 0.717) is 11.1 Å². The SMILES string of the molecule is C=CC(/C=C(\C(C)=O)C1=CC(C)C=C1F)=C(/C)N=C(C)C. The van der Waals surface area contributed by atoms with E-state index in [9.17, 15) is 9.18 Å². The second kappa shape index (κ2) is 7.11. The average molecular weight is 287 g/mol. The van der Waals surface area contributed by atoms with Crippen LogP contribution in [0.1, 0.15) is 34.6 Å². The van der Waals surface area contributed by atoms with Gasteiger partial charge < -0.3 is 0 Å². The highest BCUT2D eigenvalue weighted by Crippen LogP contribution is 2.31. The molecule has 1 atom stereocenters. The Morgan fingerprint density at radius 2 is 1.90 bits per heavy atom. The third-order valence-corrected chi connectivity index (χ3v) is 3.09. The monoisotopic (exact) mass is 287 g/mol. The number of halogens is 1. The van der Waals surface area contributed by atoms with Crippen LogP contribution in [-0.2, 0) is 4.79 Å². The molecule has 0 spiro atoms. The van der Waals surface area contributed by atoms with Crippen LogP contribution in [0.5, 0.6) is 0 Å². The van der Waals surface area contributed by atoms with Crippen molar-refractivity contribution in [2.45, 2.75) is 34.6 Å². The number of allylic oxidation sites excluding steroid dienone is 9. The van der Waals surface area contributed by atoms with Crippen molar-refractivity contribution in [1.29, 1.82) is 0 Å². The van der Waals surface area contributed by atoms with Gasteiger partial charge in [0.25, 0.3) is 0 Å². The van der Waals surface area contributed by atoms with E-state index in [1.807, 2.05) is 27.7 Å². The molecule has 1 aliphatic rings. The van der Waals surface area contributed by atoms with Gasteiger partial charge in [-0.05, 0) is 51.3 Å². The van der Waals surface area contributed by atoms with Crippen molar-refractivity contribution in [2.75, 3.05) is 0 Å². The van der Waals surface area contributed by atoms with E-state index in [1.165, 1.54) is 13.0 Å². The quantitative estimate of drug-likeness (QED) is 0.403. The molecule has 0 heterocycles. The third kappa shape index (κ3) is 4.48. The molecule has 0 amide bonds. The molecule has 1 aliphatic carbocycles. The van der Waals surface area contributed by atoms with Gasteiger partial charge in [-0.3, -0.25) is 9.79 Å². The van der Waals surface area contributed by atoms with Gasteiger partial charge in [-0.2, -0.15) is 0 Å². The van der Waals surface area contributed by atoms with Crippen molar-refractivity contribution in [3.8, 4) is 0 Å². The molecule has 1 unspecified atom stereocenters. The highest BCUT2D eigenvalue weighted by atomic mass is 19.1. The molecule has 0 fully saturated rings. The first-order valence-corrected chi connectivity index (χ1v) is 6.94. The van der Waals surface area contributed by atoms with E-state index in [2.05, 4.69) is 11.6 Å². The second-order valence-electron chi connectivity index (χ2n) is 5.37. The fourth-order valence-corrected chi connectivity index (χ4v) is 2.17. The Kier molecular flexibility index (Phi) is 5.77. The Morgan fingerprint density at radius 1 is 1.29 bits per heavy atom. The largest absolute Gasteiger partial charge is 0.294 e. The van der Waals surface area contributed by atoms with Gasteiger partial charge in [0, 0.05) is 22.6 Å². The number of hydrogen-bond donors (Lipinski definition) is 0. The average Bonchev–Trinajstić information content (AvgIpc) is 2.68. The lowest BCUT2D eigenvalue weighted by Gasteiger charge is -2.07. The minimum atomic E-state index is -0.347. The number of carbonyl (C=O) groups excluding carboxylic acids is 1. The topological polar surface area (TPSA) is 29.4 Å². The minimum absolute atomic E-state index is 0.00378. The van der Waals surface area contributed by atoms with Crippen LogP contribution in [0.15, 0.2) is 64.1 Å². The van der Waals surface area contributed by atoms with Gasteiger partial charge in [0.15, 0.2) is 5.78 Å². The van der Waals surface area contributed by atoms with Gasteiger partial charge in [0.2, 0.25) is 0 Å². The van der Waals surface area contributed by atoms with E-state index < -0.39 is 0 Å². The molecule has 3 heteroatoms. The van der Waals surface area contributed by atoms with Crippen LogP contribution >= 0.6 is 0 Å². The molecular formula is C18H22FNO. The van der Waals surface area contributed by atoms with Crippen molar-refractivity contribution in [1.82, 2.24) is 0 Å². The minimum Gasteiger partial charge on any atom is -0.294 e. The molecule has 1 rings (SSSR count). The summed E-state index contributed by atoms with van der Waals surface area (Å²) in [6, 6.07) is 0. The smallest absolute Gasteiger partial charge is 0.160 e. The van der Waals surface area contributed by atoms with E-state index in [0.717, 1.165) is 17.0 Å². The summed E-state index contributed by atoms with van der Waals surface area (Å²) in [6.07, 6.45) is 6.55. The standard InChI is InChI=1S/C18H22FNO/c1-7-15(13(5)20-11(2)3)10-16(14(6)21)17-8-12(4)9-18(17)19/h7-10,12H,1H2,2-6H3/b15-13+,16-10+. The van der Waals surface area contributed by atoms with Gasteiger partial charge in [0.05, 0.1) is 0 Å². The van der Waals surface area contributed by atoms with Gasteiger partial charge >= 0.3 is 0 Å². The van der Waals surface area contributed by atoms with Crippen LogP contribution in [0.25, 0.3) is 0 Å². The van der Waals surface area contributed by atoms with Crippen molar-refractivity contribution in [2.24, 2.45) is 10.9 Å². The molecule has 0 saturated carbocycles. The normalized spacial score (nSPS) is 19.5. The molecule has 112 valence electrons. The van der Waals surface area contributed by atoms with E-state index >= 15 is 0 Å². The number of nitrogens with zero attached hydrogens (tertiary/aromatic N) is 1. The zero-order valence-corrected chi connectivity index (χ0v) is 13.3. The zero-order valence-electron chi connectivity index (χ0n) is 13.3. The molecule has 0 aliphatic heterocycles. The van der Waals surface area contributed by atoms with Crippen LogP contribution in [0, 0.1) is 5.92 Å². The van der Waals surface area contributed by atoms with E-state index in [1.54, 1.807) is 18.2 Å². The Bertz CT molecular complexity index is 611. The maximum atomic E-state index is 13.9. The molecular weight excluding hydrogens is 265 g/mol.